The minimum Gasteiger partial charge on any atom is -0.363 e. The minimum absolute atomic E-state index is 0.666. The molecule has 6 nitrogen and oxygen atoms in total. The lowest BCUT2D eigenvalue weighted by molar-refractivity contribution is 0.805. The molecule has 7 heteroatoms. The van der Waals surface area contributed by atoms with Gasteiger partial charge in [0.2, 0.25) is 0 Å². The SMILES string of the molecule is CN=C(NCc1nc(C)c(C)s1)NCc1cc(N(C)C)nc2ccccc12. The maximum atomic E-state index is 4.71. The van der Waals surface area contributed by atoms with E-state index in [1.165, 1.54) is 10.4 Å². The summed E-state index contributed by atoms with van der Waals surface area (Å²) in [5, 5.41) is 8.96. The van der Waals surface area contributed by atoms with E-state index in [9.17, 15) is 0 Å². The number of fused-ring (bicyclic) bond motifs is 1. The van der Waals surface area contributed by atoms with E-state index in [2.05, 4.69) is 39.7 Å². The summed E-state index contributed by atoms with van der Waals surface area (Å²) in [4.78, 5) is 16.9. The molecule has 2 aromatic heterocycles. The van der Waals surface area contributed by atoms with Gasteiger partial charge in [0.15, 0.2) is 5.96 Å². The van der Waals surface area contributed by atoms with E-state index in [0.29, 0.717) is 13.1 Å². The van der Waals surface area contributed by atoms with Gasteiger partial charge in [-0.05, 0) is 31.5 Å². The van der Waals surface area contributed by atoms with Gasteiger partial charge in [0.1, 0.15) is 10.8 Å². The third-order valence-electron chi connectivity index (χ3n) is 4.40. The summed E-state index contributed by atoms with van der Waals surface area (Å²) in [5.74, 6) is 1.70. The molecule has 0 aliphatic carbocycles. The van der Waals surface area contributed by atoms with Gasteiger partial charge in [-0.2, -0.15) is 0 Å². The maximum absolute atomic E-state index is 4.71. The molecular weight excluding hydrogens is 356 g/mol. The lowest BCUT2D eigenvalue weighted by Crippen LogP contribution is -2.36. The first-order valence-electron chi connectivity index (χ1n) is 8.91. The Hall–Kier alpha value is -2.67. The van der Waals surface area contributed by atoms with E-state index in [1.54, 1.807) is 18.4 Å². The average molecular weight is 383 g/mol. The zero-order valence-corrected chi connectivity index (χ0v) is 17.3. The first kappa shape index (κ1) is 19.1. The van der Waals surface area contributed by atoms with E-state index < -0.39 is 0 Å². The van der Waals surface area contributed by atoms with Crippen LogP contribution in [0.1, 0.15) is 21.1 Å². The molecule has 27 heavy (non-hydrogen) atoms. The van der Waals surface area contributed by atoms with Crippen LogP contribution in [0, 0.1) is 13.8 Å². The van der Waals surface area contributed by atoms with Crippen molar-refractivity contribution in [3.63, 3.8) is 0 Å². The number of pyridine rings is 1. The minimum atomic E-state index is 0.666. The van der Waals surface area contributed by atoms with Crippen molar-refractivity contribution in [3.8, 4) is 0 Å². The van der Waals surface area contributed by atoms with Crippen molar-refractivity contribution in [1.82, 2.24) is 20.6 Å². The molecular formula is C20H26N6S. The fourth-order valence-electron chi connectivity index (χ4n) is 2.78. The summed E-state index contributed by atoms with van der Waals surface area (Å²) in [7, 11) is 5.79. The molecule has 0 bridgehead atoms. The standard InChI is InChI=1S/C20H26N6S/c1-13-14(2)27-19(24-13)12-23-20(21-3)22-11-15-10-18(26(4)5)25-17-9-7-6-8-16(15)17/h6-10H,11-12H2,1-5H3,(H2,21,22,23). The fraction of sp³-hybridized carbons (Fsp3) is 0.350. The van der Waals surface area contributed by atoms with Crippen molar-refractivity contribution in [2.45, 2.75) is 26.9 Å². The summed E-state index contributed by atoms with van der Waals surface area (Å²) in [5.41, 5.74) is 3.28. The monoisotopic (exact) mass is 382 g/mol. The van der Waals surface area contributed by atoms with Crippen LogP contribution in [0.2, 0.25) is 0 Å². The molecule has 2 N–H and O–H groups in total. The first-order valence-corrected chi connectivity index (χ1v) is 9.73. The van der Waals surface area contributed by atoms with E-state index in [0.717, 1.165) is 33.4 Å². The number of thiazole rings is 1. The van der Waals surface area contributed by atoms with Gasteiger partial charge in [-0.15, -0.1) is 11.3 Å². The topological polar surface area (TPSA) is 65.4 Å². The van der Waals surface area contributed by atoms with Crippen LogP contribution in [-0.2, 0) is 13.1 Å². The highest BCUT2D eigenvalue weighted by Crippen LogP contribution is 2.22. The molecule has 0 aliphatic heterocycles. The third-order valence-corrected chi connectivity index (χ3v) is 5.47. The van der Waals surface area contributed by atoms with Gasteiger partial charge in [0, 0.05) is 38.0 Å². The van der Waals surface area contributed by atoms with Crippen LogP contribution in [0.3, 0.4) is 0 Å². The predicted octanol–water partition coefficient (Wildman–Crippen LogP) is 3.24. The van der Waals surface area contributed by atoms with Gasteiger partial charge in [-0.25, -0.2) is 9.97 Å². The van der Waals surface area contributed by atoms with Gasteiger partial charge in [0.25, 0.3) is 0 Å². The fourth-order valence-corrected chi connectivity index (χ4v) is 3.65. The summed E-state index contributed by atoms with van der Waals surface area (Å²) in [6.07, 6.45) is 0. The van der Waals surface area contributed by atoms with Crippen LogP contribution >= 0.6 is 11.3 Å². The number of nitrogens with one attached hydrogen (secondary N) is 2. The van der Waals surface area contributed by atoms with Crippen molar-refractivity contribution in [1.29, 1.82) is 0 Å². The Morgan fingerprint density at radius 3 is 2.52 bits per heavy atom. The number of rotatable bonds is 5. The van der Waals surface area contributed by atoms with Gasteiger partial charge in [0.05, 0.1) is 17.8 Å². The molecule has 0 radical (unpaired) electrons. The highest BCUT2D eigenvalue weighted by Gasteiger charge is 2.09. The van der Waals surface area contributed by atoms with Crippen LogP contribution in [-0.4, -0.2) is 37.1 Å². The Balaban J connectivity index is 1.72. The van der Waals surface area contributed by atoms with Gasteiger partial charge >= 0.3 is 0 Å². The number of hydrogen-bond acceptors (Lipinski definition) is 5. The summed E-state index contributed by atoms with van der Waals surface area (Å²) in [6.45, 7) is 5.47. The highest BCUT2D eigenvalue weighted by atomic mass is 32.1. The van der Waals surface area contributed by atoms with Crippen molar-refractivity contribution in [3.05, 3.63) is 51.5 Å². The van der Waals surface area contributed by atoms with Gasteiger partial charge in [-0.1, -0.05) is 18.2 Å². The normalized spacial score (nSPS) is 11.7. The largest absolute Gasteiger partial charge is 0.363 e. The number of para-hydroxylation sites is 1. The number of aromatic nitrogens is 2. The molecule has 142 valence electrons. The Labute approximate surface area is 164 Å². The van der Waals surface area contributed by atoms with Crippen LogP contribution < -0.4 is 15.5 Å². The molecule has 0 amide bonds. The van der Waals surface area contributed by atoms with Crippen molar-refractivity contribution >= 4 is 34.0 Å². The molecule has 0 atom stereocenters. The summed E-state index contributed by atoms with van der Waals surface area (Å²) >= 11 is 1.72. The van der Waals surface area contributed by atoms with E-state index in [4.69, 9.17) is 4.98 Å². The van der Waals surface area contributed by atoms with Crippen LogP contribution in [0.15, 0.2) is 35.3 Å². The number of aryl methyl sites for hydroxylation is 2. The second-order valence-corrected chi connectivity index (χ2v) is 7.87. The Morgan fingerprint density at radius 2 is 1.85 bits per heavy atom. The Morgan fingerprint density at radius 1 is 1.11 bits per heavy atom. The maximum Gasteiger partial charge on any atom is 0.191 e. The number of benzene rings is 1. The molecule has 0 saturated heterocycles. The van der Waals surface area contributed by atoms with E-state index >= 15 is 0 Å². The smallest absolute Gasteiger partial charge is 0.191 e. The summed E-state index contributed by atoms with van der Waals surface area (Å²) < 4.78 is 0. The van der Waals surface area contributed by atoms with Crippen LogP contribution in [0.25, 0.3) is 10.9 Å². The molecule has 3 rings (SSSR count). The first-order chi connectivity index (χ1) is 13.0. The second kappa shape index (κ2) is 8.35. The molecule has 0 saturated carbocycles. The molecule has 0 unspecified atom stereocenters. The van der Waals surface area contributed by atoms with Crippen molar-refractivity contribution < 1.29 is 0 Å². The zero-order valence-electron chi connectivity index (χ0n) is 16.5. The van der Waals surface area contributed by atoms with Crippen molar-refractivity contribution in [2.24, 2.45) is 4.99 Å². The Bertz CT molecular complexity index is 941. The molecule has 0 spiro atoms. The molecule has 2 heterocycles. The lowest BCUT2D eigenvalue weighted by atomic mass is 10.1. The molecule has 3 aromatic rings. The molecule has 0 fully saturated rings. The number of aliphatic imine (C=N–C) groups is 1. The molecule has 0 aliphatic rings. The average Bonchev–Trinajstić information content (AvgIpc) is 2.99. The van der Waals surface area contributed by atoms with Crippen molar-refractivity contribution in [2.75, 3.05) is 26.0 Å². The number of hydrogen-bond donors (Lipinski definition) is 2. The number of guanidine groups is 1. The Kier molecular flexibility index (Phi) is 5.91. The second-order valence-electron chi connectivity index (χ2n) is 6.58. The molecule has 1 aromatic carbocycles. The van der Waals surface area contributed by atoms with Gasteiger partial charge < -0.3 is 15.5 Å². The number of anilines is 1. The lowest BCUT2D eigenvalue weighted by Gasteiger charge is -2.16. The van der Waals surface area contributed by atoms with E-state index in [1.807, 2.05) is 44.1 Å². The van der Waals surface area contributed by atoms with Crippen LogP contribution in [0.4, 0.5) is 5.82 Å². The highest BCUT2D eigenvalue weighted by molar-refractivity contribution is 7.11. The summed E-state index contributed by atoms with van der Waals surface area (Å²) in [6, 6.07) is 10.3. The van der Waals surface area contributed by atoms with Crippen LogP contribution in [0.5, 0.6) is 0 Å². The predicted molar refractivity (Wildman–Crippen MR) is 115 cm³/mol. The number of nitrogens with zero attached hydrogens (tertiary/aromatic N) is 4. The third kappa shape index (κ3) is 4.54. The van der Waals surface area contributed by atoms with Gasteiger partial charge in [-0.3, -0.25) is 4.99 Å². The zero-order chi connectivity index (χ0) is 19.4. The van der Waals surface area contributed by atoms with E-state index in [-0.39, 0.29) is 0 Å². The quantitative estimate of drug-likeness (QED) is 0.524.